The highest BCUT2D eigenvalue weighted by Gasteiger charge is 2.29. The minimum atomic E-state index is -0.653. The number of hydrogen-bond acceptors (Lipinski definition) is 3. The van der Waals surface area contributed by atoms with E-state index in [-0.39, 0.29) is 5.92 Å². The molecule has 0 amide bonds. The molecule has 1 N–H and O–H groups in total. The van der Waals surface area contributed by atoms with Crippen molar-refractivity contribution in [2.45, 2.75) is 45.8 Å². The second kappa shape index (κ2) is 5.52. The maximum absolute atomic E-state index is 11.0. The van der Waals surface area contributed by atoms with Crippen molar-refractivity contribution < 1.29 is 9.90 Å². The fourth-order valence-corrected chi connectivity index (χ4v) is 2.67. The number of likely N-dealkylation sites (tertiary alicyclic amines) is 1. The zero-order valence-electron chi connectivity index (χ0n) is 11.0. The Bertz CT molecular complexity index is 416. The largest absolute Gasteiger partial charge is 0.481 e. The number of nitrogens with zero attached hydrogens (tertiary/aromatic N) is 3. The molecule has 1 saturated heterocycles. The van der Waals surface area contributed by atoms with E-state index in [1.54, 1.807) is 0 Å². The van der Waals surface area contributed by atoms with E-state index in [0.717, 1.165) is 32.5 Å². The van der Waals surface area contributed by atoms with Gasteiger partial charge in [-0.05, 0) is 39.3 Å². The van der Waals surface area contributed by atoms with Crippen LogP contribution in [0.2, 0.25) is 0 Å². The molecule has 1 aliphatic heterocycles. The SMILES string of the molecule is CCn1nccc1CN1CCC(C(=O)O)CC1C. The van der Waals surface area contributed by atoms with Gasteiger partial charge in [0.05, 0.1) is 11.6 Å². The van der Waals surface area contributed by atoms with Crippen LogP contribution in [0.5, 0.6) is 0 Å². The highest BCUT2D eigenvalue weighted by molar-refractivity contribution is 5.70. The van der Waals surface area contributed by atoms with E-state index in [2.05, 4.69) is 23.8 Å². The highest BCUT2D eigenvalue weighted by atomic mass is 16.4. The maximum atomic E-state index is 11.0. The monoisotopic (exact) mass is 251 g/mol. The lowest BCUT2D eigenvalue weighted by Gasteiger charge is -2.36. The van der Waals surface area contributed by atoms with Crippen LogP contribution in [0.4, 0.5) is 0 Å². The third-order valence-electron chi connectivity index (χ3n) is 3.83. The van der Waals surface area contributed by atoms with Gasteiger partial charge in [-0.3, -0.25) is 14.4 Å². The van der Waals surface area contributed by atoms with Gasteiger partial charge in [0.25, 0.3) is 0 Å². The number of piperidine rings is 1. The van der Waals surface area contributed by atoms with Crippen molar-refractivity contribution in [1.29, 1.82) is 0 Å². The first-order valence-corrected chi connectivity index (χ1v) is 6.59. The lowest BCUT2D eigenvalue weighted by Crippen LogP contribution is -2.42. The number of hydrogen-bond donors (Lipinski definition) is 1. The lowest BCUT2D eigenvalue weighted by atomic mass is 9.91. The third-order valence-corrected chi connectivity index (χ3v) is 3.83. The van der Waals surface area contributed by atoms with Crippen LogP contribution < -0.4 is 0 Å². The van der Waals surface area contributed by atoms with Crippen LogP contribution in [-0.2, 0) is 17.9 Å². The number of carbonyl (C=O) groups is 1. The minimum absolute atomic E-state index is 0.174. The molecular weight excluding hydrogens is 230 g/mol. The summed E-state index contributed by atoms with van der Waals surface area (Å²) in [4.78, 5) is 13.3. The number of aliphatic carboxylic acids is 1. The van der Waals surface area contributed by atoms with E-state index in [1.807, 2.05) is 16.9 Å². The molecule has 1 aliphatic rings. The summed E-state index contributed by atoms with van der Waals surface area (Å²) in [6.07, 6.45) is 3.32. The number of carboxylic acid groups (broad SMARTS) is 1. The molecule has 5 heteroatoms. The molecule has 1 fully saturated rings. The summed E-state index contributed by atoms with van der Waals surface area (Å²) in [5.41, 5.74) is 1.21. The first-order chi connectivity index (χ1) is 8.61. The topological polar surface area (TPSA) is 58.4 Å². The van der Waals surface area contributed by atoms with Crippen molar-refractivity contribution in [2.75, 3.05) is 6.54 Å². The molecule has 2 heterocycles. The predicted molar refractivity (Wildman–Crippen MR) is 68.1 cm³/mol. The average molecular weight is 251 g/mol. The molecule has 18 heavy (non-hydrogen) atoms. The zero-order valence-corrected chi connectivity index (χ0v) is 11.0. The van der Waals surface area contributed by atoms with Gasteiger partial charge in [-0.1, -0.05) is 0 Å². The summed E-state index contributed by atoms with van der Waals surface area (Å²) >= 11 is 0. The van der Waals surface area contributed by atoms with Gasteiger partial charge in [-0.25, -0.2) is 0 Å². The van der Waals surface area contributed by atoms with Gasteiger partial charge in [0, 0.05) is 25.3 Å². The van der Waals surface area contributed by atoms with Crippen LogP contribution in [0.25, 0.3) is 0 Å². The second-order valence-corrected chi connectivity index (χ2v) is 5.02. The summed E-state index contributed by atoms with van der Waals surface area (Å²) in [5.74, 6) is -0.826. The number of aryl methyl sites for hydroxylation is 1. The standard InChI is InChI=1S/C13H21N3O2/c1-3-16-12(4-6-14-16)9-15-7-5-11(13(17)18)8-10(15)2/h4,6,10-11H,3,5,7-9H2,1-2H3,(H,17,18). The Morgan fingerprint density at radius 1 is 1.61 bits per heavy atom. The highest BCUT2D eigenvalue weighted by Crippen LogP contribution is 2.24. The number of carboxylic acids is 1. The van der Waals surface area contributed by atoms with E-state index in [0.29, 0.717) is 6.04 Å². The number of aromatic nitrogens is 2. The quantitative estimate of drug-likeness (QED) is 0.883. The molecule has 1 aromatic rings. The van der Waals surface area contributed by atoms with Crippen molar-refractivity contribution in [3.05, 3.63) is 18.0 Å². The Kier molecular flexibility index (Phi) is 4.01. The number of rotatable bonds is 4. The predicted octanol–water partition coefficient (Wildman–Crippen LogP) is 1.59. The Labute approximate surface area is 107 Å². The molecule has 1 aromatic heterocycles. The Morgan fingerprint density at radius 2 is 2.39 bits per heavy atom. The van der Waals surface area contributed by atoms with Crippen molar-refractivity contribution in [3.8, 4) is 0 Å². The molecule has 2 atom stereocenters. The molecule has 100 valence electrons. The van der Waals surface area contributed by atoms with Gasteiger partial charge < -0.3 is 5.11 Å². The van der Waals surface area contributed by atoms with E-state index in [9.17, 15) is 4.79 Å². The van der Waals surface area contributed by atoms with E-state index < -0.39 is 5.97 Å². The average Bonchev–Trinajstić information content (AvgIpc) is 2.78. The van der Waals surface area contributed by atoms with Crippen molar-refractivity contribution in [1.82, 2.24) is 14.7 Å². The molecule has 0 radical (unpaired) electrons. The summed E-state index contributed by atoms with van der Waals surface area (Å²) in [7, 11) is 0. The molecule has 5 nitrogen and oxygen atoms in total. The summed E-state index contributed by atoms with van der Waals surface area (Å²) in [5, 5.41) is 13.3. The van der Waals surface area contributed by atoms with Crippen molar-refractivity contribution >= 4 is 5.97 Å². The first-order valence-electron chi connectivity index (χ1n) is 6.59. The molecule has 0 saturated carbocycles. The van der Waals surface area contributed by atoms with Crippen LogP contribution in [-0.4, -0.2) is 38.3 Å². The van der Waals surface area contributed by atoms with Crippen LogP contribution in [0, 0.1) is 5.92 Å². The normalized spacial score (nSPS) is 25.2. The van der Waals surface area contributed by atoms with E-state index in [1.165, 1.54) is 5.69 Å². The molecule has 2 rings (SSSR count). The Hall–Kier alpha value is -1.36. The summed E-state index contributed by atoms with van der Waals surface area (Å²) in [6, 6.07) is 2.36. The molecule has 2 unspecified atom stereocenters. The summed E-state index contributed by atoms with van der Waals surface area (Å²) < 4.78 is 2.00. The fraction of sp³-hybridized carbons (Fsp3) is 0.692. The van der Waals surface area contributed by atoms with Crippen LogP contribution in [0.15, 0.2) is 12.3 Å². The second-order valence-electron chi connectivity index (χ2n) is 5.02. The Balaban J connectivity index is 1.97. The van der Waals surface area contributed by atoms with Crippen LogP contribution >= 0.6 is 0 Å². The van der Waals surface area contributed by atoms with Crippen LogP contribution in [0.1, 0.15) is 32.4 Å². The van der Waals surface area contributed by atoms with Gasteiger partial charge >= 0.3 is 5.97 Å². The molecule has 0 bridgehead atoms. The smallest absolute Gasteiger partial charge is 0.306 e. The van der Waals surface area contributed by atoms with E-state index in [4.69, 9.17) is 5.11 Å². The molecule has 0 spiro atoms. The van der Waals surface area contributed by atoms with Gasteiger partial charge in [-0.2, -0.15) is 5.10 Å². The molecule has 0 aliphatic carbocycles. The fourth-order valence-electron chi connectivity index (χ4n) is 2.67. The van der Waals surface area contributed by atoms with Crippen molar-refractivity contribution in [3.63, 3.8) is 0 Å². The molecule has 0 aromatic carbocycles. The molecular formula is C13H21N3O2. The summed E-state index contributed by atoms with van der Waals surface area (Å²) in [6.45, 7) is 6.79. The van der Waals surface area contributed by atoms with Gasteiger partial charge in [-0.15, -0.1) is 0 Å². The van der Waals surface area contributed by atoms with Gasteiger partial charge in [0.2, 0.25) is 0 Å². The Morgan fingerprint density at radius 3 is 3.00 bits per heavy atom. The zero-order chi connectivity index (χ0) is 13.1. The third kappa shape index (κ3) is 2.72. The maximum Gasteiger partial charge on any atom is 0.306 e. The van der Waals surface area contributed by atoms with Gasteiger partial charge in [0.1, 0.15) is 0 Å². The van der Waals surface area contributed by atoms with Crippen molar-refractivity contribution in [2.24, 2.45) is 5.92 Å². The van der Waals surface area contributed by atoms with Gasteiger partial charge in [0.15, 0.2) is 0 Å². The first kappa shape index (κ1) is 13.1. The lowest BCUT2D eigenvalue weighted by molar-refractivity contribution is -0.144. The minimum Gasteiger partial charge on any atom is -0.481 e. The van der Waals surface area contributed by atoms with E-state index >= 15 is 0 Å². The van der Waals surface area contributed by atoms with Crippen LogP contribution in [0.3, 0.4) is 0 Å².